The fourth-order valence-corrected chi connectivity index (χ4v) is 1.64. The monoisotopic (exact) mass is 212 g/mol. The molecule has 6 heteroatoms. The van der Waals surface area contributed by atoms with Gasteiger partial charge in [0.1, 0.15) is 10.9 Å². The number of aromatic nitrogens is 1. The van der Waals surface area contributed by atoms with Crippen LogP contribution in [0, 0.1) is 22.7 Å². The van der Waals surface area contributed by atoms with Gasteiger partial charge in [0.15, 0.2) is 10.3 Å². The lowest BCUT2D eigenvalue weighted by atomic mass is 10.5. The highest BCUT2D eigenvalue weighted by molar-refractivity contribution is 7.16. The quantitative estimate of drug-likeness (QED) is 0.778. The first-order valence-corrected chi connectivity index (χ1v) is 4.64. The average molecular weight is 213 g/mol. The Labute approximate surface area is 84.4 Å². The first kappa shape index (κ1) is 9.79. The first-order chi connectivity index (χ1) is 6.27. The minimum absolute atomic E-state index is 0.215. The van der Waals surface area contributed by atoms with Crippen LogP contribution in [0.25, 0.3) is 0 Å². The van der Waals surface area contributed by atoms with Crippen LogP contribution in [0.4, 0.5) is 5.13 Å². The highest BCUT2D eigenvalue weighted by Gasteiger charge is 2.07. The fourth-order valence-electron chi connectivity index (χ4n) is 0.671. The smallest absolute Gasteiger partial charge is 0.185 e. The van der Waals surface area contributed by atoms with Gasteiger partial charge < -0.3 is 5.32 Å². The van der Waals surface area contributed by atoms with Gasteiger partial charge in [-0.15, -0.1) is 0 Å². The Morgan fingerprint density at radius 1 is 1.54 bits per heavy atom. The SMILES string of the molecule is N#CCCNc1nc(Cl)c(C#N)s1. The van der Waals surface area contributed by atoms with Crippen LogP contribution in [0.3, 0.4) is 0 Å². The third kappa shape index (κ3) is 2.59. The molecule has 0 bridgehead atoms. The lowest BCUT2D eigenvalue weighted by molar-refractivity contribution is 1.07. The Bertz CT molecular complexity index is 373. The van der Waals surface area contributed by atoms with E-state index in [2.05, 4.69) is 10.3 Å². The molecule has 0 fully saturated rings. The van der Waals surface area contributed by atoms with E-state index >= 15 is 0 Å². The number of hydrogen-bond acceptors (Lipinski definition) is 5. The molecule has 0 amide bonds. The number of halogens is 1. The number of nitrogens with zero attached hydrogens (tertiary/aromatic N) is 3. The predicted octanol–water partition coefficient (Wildman–Crippen LogP) is 1.99. The number of thiazole rings is 1. The van der Waals surface area contributed by atoms with Gasteiger partial charge in [0.2, 0.25) is 0 Å². The number of nitriles is 2. The van der Waals surface area contributed by atoms with Gasteiger partial charge in [-0.1, -0.05) is 22.9 Å². The Kier molecular flexibility index (Phi) is 3.51. The van der Waals surface area contributed by atoms with Crippen molar-refractivity contribution in [2.45, 2.75) is 6.42 Å². The molecule has 0 atom stereocenters. The molecule has 0 saturated carbocycles. The van der Waals surface area contributed by atoms with Crippen LogP contribution < -0.4 is 5.32 Å². The molecular formula is C7H5ClN4S. The molecule has 66 valence electrons. The van der Waals surface area contributed by atoms with Crippen molar-refractivity contribution in [3.8, 4) is 12.1 Å². The van der Waals surface area contributed by atoms with Crippen molar-refractivity contribution >= 4 is 28.1 Å². The molecule has 1 aromatic heterocycles. The molecule has 0 spiro atoms. The van der Waals surface area contributed by atoms with Crippen molar-refractivity contribution in [1.29, 1.82) is 10.5 Å². The Morgan fingerprint density at radius 3 is 2.85 bits per heavy atom. The van der Waals surface area contributed by atoms with Crippen molar-refractivity contribution < 1.29 is 0 Å². The molecule has 1 heterocycles. The van der Waals surface area contributed by atoms with E-state index in [1.807, 2.05) is 12.1 Å². The second kappa shape index (κ2) is 4.66. The zero-order chi connectivity index (χ0) is 9.68. The molecule has 1 N–H and O–H groups in total. The van der Waals surface area contributed by atoms with Crippen LogP contribution in [0.15, 0.2) is 0 Å². The third-order valence-corrected chi connectivity index (χ3v) is 2.50. The second-order valence-corrected chi connectivity index (χ2v) is 3.44. The zero-order valence-corrected chi connectivity index (χ0v) is 8.11. The summed E-state index contributed by atoms with van der Waals surface area (Å²) in [5.41, 5.74) is 0. The van der Waals surface area contributed by atoms with E-state index in [4.69, 9.17) is 22.1 Å². The molecule has 0 saturated heterocycles. The van der Waals surface area contributed by atoms with Gasteiger partial charge in [-0.2, -0.15) is 10.5 Å². The molecule has 13 heavy (non-hydrogen) atoms. The third-order valence-electron chi connectivity index (χ3n) is 1.20. The summed E-state index contributed by atoms with van der Waals surface area (Å²) >= 11 is 6.81. The minimum atomic E-state index is 0.215. The van der Waals surface area contributed by atoms with Crippen LogP contribution in [-0.2, 0) is 0 Å². The lowest BCUT2D eigenvalue weighted by Gasteiger charge is -1.94. The maximum atomic E-state index is 8.56. The lowest BCUT2D eigenvalue weighted by Crippen LogP contribution is -1.98. The highest BCUT2D eigenvalue weighted by atomic mass is 35.5. The van der Waals surface area contributed by atoms with Crippen molar-refractivity contribution in [3.05, 3.63) is 10.0 Å². The average Bonchev–Trinajstić information content (AvgIpc) is 2.47. The molecule has 0 aromatic carbocycles. The maximum Gasteiger partial charge on any atom is 0.185 e. The van der Waals surface area contributed by atoms with Gasteiger partial charge >= 0.3 is 0 Å². The molecule has 0 unspecified atom stereocenters. The fraction of sp³-hybridized carbons (Fsp3) is 0.286. The topological polar surface area (TPSA) is 72.5 Å². The molecular weight excluding hydrogens is 208 g/mol. The summed E-state index contributed by atoms with van der Waals surface area (Å²) in [5, 5.41) is 20.5. The highest BCUT2D eigenvalue weighted by Crippen LogP contribution is 2.25. The van der Waals surface area contributed by atoms with E-state index in [0.717, 1.165) is 0 Å². The van der Waals surface area contributed by atoms with Crippen LogP contribution in [0.2, 0.25) is 5.15 Å². The first-order valence-electron chi connectivity index (χ1n) is 3.45. The molecule has 0 aliphatic heterocycles. The number of hydrogen-bond donors (Lipinski definition) is 1. The summed E-state index contributed by atoms with van der Waals surface area (Å²) in [6, 6.07) is 3.91. The van der Waals surface area contributed by atoms with Crippen LogP contribution in [-0.4, -0.2) is 11.5 Å². The summed E-state index contributed by atoms with van der Waals surface area (Å²) in [5.74, 6) is 0. The van der Waals surface area contributed by atoms with Gasteiger partial charge in [0, 0.05) is 6.54 Å². The number of rotatable bonds is 3. The Hall–Kier alpha value is -1.30. The van der Waals surface area contributed by atoms with Crippen LogP contribution >= 0.6 is 22.9 Å². The largest absolute Gasteiger partial charge is 0.360 e. The van der Waals surface area contributed by atoms with E-state index in [0.29, 0.717) is 23.0 Å². The Balaban J connectivity index is 2.60. The summed E-state index contributed by atoms with van der Waals surface area (Å²) in [6.45, 7) is 0.519. The van der Waals surface area contributed by atoms with Crippen molar-refractivity contribution in [1.82, 2.24) is 4.98 Å². The van der Waals surface area contributed by atoms with Crippen molar-refractivity contribution in [3.63, 3.8) is 0 Å². The van der Waals surface area contributed by atoms with E-state index in [-0.39, 0.29) is 5.15 Å². The molecule has 0 aliphatic rings. The predicted molar refractivity (Wildman–Crippen MR) is 50.6 cm³/mol. The van der Waals surface area contributed by atoms with Gasteiger partial charge in [0.05, 0.1) is 12.5 Å². The van der Waals surface area contributed by atoms with Crippen LogP contribution in [0.1, 0.15) is 11.3 Å². The van der Waals surface area contributed by atoms with E-state index in [1.165, 1.54) is 11.3 Å². The second-order valence-electron chi connectivity index (χ2n) is 2.09. The Morgan fingerprint density at radius 2 is 2.31 bits per heavy atom. The molecule has 1 aromatic rings. The standard InChI is InChI=1S/C7H5ClN4S/c8-6-5(4-10)13-7(12-6)11-3-1-2-9/h1,3H2,(H,11,12). The van der Waals surface area contributed by atoms with Gasteiger partial charge in [0.25, 0.3) is 0 Å². The minimum Gasteiger partial charge on any atom is -0.360 e. The van der Waals surface area contributed by atoms with Gasteiger partial charge in [-0.25, -0.2) is 4.98 Å². The summed E-state index contributed by atoms with van der Waals surface area (Å²) < 4.78 is 0. The van der Waals surface area contributed by atoms with E-state index in [9.17, 15) is 0 Å². The summed E-state index contributed by atoms with van der Waals surface area (Å²) in [6.07, 6.45) is 0.402. The molecule has 4 nitrogen and oxygen atoms in total. The van der Waals surface area contributed by atoms with E-state index in [1.54, 1.807) is 0 Å². The van der Waals surface area contributed by atoms with Crippen LogP contribution in [0.5, 0.6) is 0 Å². The number of nitrogens with one attached hydrogen (secondary N) is 1. The van der Waals surface area contributed by atoms with Crippen molar-refractivity contribution in [2.75, 3.05) is 11.9 Å². The van der Waals surface area contributed by atoms with Gasteiger partial charge in [-0.3, -0.25) is 0 Å². The molecule has 0 aliphatic carbocycles. The molecule has 1 rings (SSSR count). The van der Waals surface area contributed by atoms with Gasteiger partial charge in [-0.05, 0) is 0 Å². The summed E-state index contributed by atoms with van der Waals surface area (Å²) in [7, 11) is 0. The van der Waals surface area contributed by atoms with E-state index < -0.39 is 0 Å². The maximum absolute atomic E-state index is 8.56. The normalized spacial score (nSPS) is 8.85. The van der Waals surface area contributed by atoms with Crippen molar-refractivity contribution in [2.24, 2.45) is 0 Å². The zero-order valence-electron chi connectivity index (χ0n) is 6.54. The number of anilines is 1. The molecule has 0 radical (unpaired) electrons. The summed E-state index contributed by atoms with van der Waals surface area (Å²) in [4.78, 5) is 4.28.